The van der Waals surface area contributed by atoms with Crippen LogP contribution in [-0.4, -0.2) is 53.7 Å². The number of hydrogen-bond acceptors (Lipinski definition) is 7. The summed E-state index contributed by atoms with van der Waals surface area (Å²) < 4.78 is 5.47. The minimum absolute atomic E-state index is 0.136. The topological polar surface area (TPSA) is 122 Å². The Morgan fingerprint density at radius 2 is 2.00 bits per heavy atom. The molecule has 1 N–H and O–H groups in total. The quantitative estimate of drug-likeness (QED) is 0.701. The smallest absolute Gasteiger partial charge is 0.415 e. The third-order valence-corrected chi connectivity index (χ3v) is 7.76. The number of nitrogens with zero attached hydrogens (tertiary/aromatic N) is 5. The fourth-order valence-electron chi connectivity index (χ4n) is 6.00. The van der Waals surface area contributed by atoms with Crippen molar-refractivity contribution in [1.82, 2.24) is 15.2 Å². The van der Waals surface area contributed by atoms with Crippen LogP contribution in [0.1, 0.15) is 18.2 Å². The number of carbonyl (C=O) groups excluding carboxylic acids is 2. The monoisotopic (exact) mass is 454 g/mol. The van der Waals surface area contributed by atoms with Crippen molar-refractivity contribution in [1.29, 1.82) is 10.5 Å². The molecule has 2 aromatic rings. The summed E-state index contributed by atoms with van der Waals surface area (Å²) in [7, 11) is 0. The molecule has 1 saturated carbocycles. The Bertz CT molecular complexity index is 1280. The minimum Gasteiger partial charge on any atom is -0.442 e. The number of piperidine rings is 1. The fraction of sp³-hybridized carbons (Fsp3) is 0.400. The summed E-state index contributed by atoms with van der Waals surface area (Å²) in [5, 5.41) is 21.7. The molecule has 0 radical (unpaired) electrons. The lowest BCUT2D eigenvalue weighted by Crippen LogP contribution is -2.40. The van der Waals surface area contributed by atoms with Crippen LogP contribution in [0, 0.1) is 34.6 Å². The van der Waals surface area contributed by atoms with Crippen LogP contribution in [0.3, 0.4) is 0 Å². The Hall–Kier alpha value is -4.11. The third-order valence-electron chi connectivity index (χ3n) is 7.76. The molecule has 1 aromatic carbocycles. The predicted octanol–water partition coefficient (Wildman–Crippen LogP) is 1.94. The first-order valence-corrected chi connectivity index (χ1v) is 11.4. The number of aromatic nitrogens is 1. The largest absolute Gasteiger partial charge is 0.442 e. The molecule has 9 nitrogen and oxygen atoms in total. The fourth-order valence-corrected chi connectivity index (χ4v) is 6.00. The average molecular weight is 454 g/mol. The van der Waals surface area contributed by atoms with E-state index in [1.807, 2.05) is 24.3 Å². The summed E-state index contributed by atoms with van der Waals surface area (Å²) in [4.78, 5) is 31.8. The Labute approximate surface area is 196 Å². The predicted molar refractivity (Wildman–Crippen MR) is 120 cm³/mol. The van der Waals surface area contributed by atoms with Gasteiger partial charge in [0.25, 0.3) is 0 Å². The number of nitrogens with one attached hydrogen (secondary N) is 1. The molecular formula is C25H22N6O3. The zero-order valence-electron chi connectivity index (χ0n) is 18.6. The van der Waals surface area contributed by atoms with E-state index in [-0.39, 0.29) is 36.0 Å². The van der Waals surface area contributed by atoms with Crippen LogP contribution in [0.25, 0.3) is 11.1 Å². The number of pyridine rings is 1. The molecule has 6 rings (SSSR count). The number of carbonyl (C=O) groups is 2. The number of cyclic esters (lactones) is 1. The molecule has 2 saturated heterocycles. The molecule has 3 aliphatic heterocycles. The van der Waals surface area contributed by atoms with E-state index in [0.29, 0.717) is 26.1 Å². The van der Waals surface area contributed by atoms with Gasteiger partial charge in [-0.25, -0.2) is 4.79 Å². The summed E-state index contributed by atoms with van der Waals surface area (Å²) in [6, 6.07) is 12.2. The standard InChI is InChI=1S/C25H22N6O3/c1-14(32)28-9-22-21-7-17-6-15(2-4-20(17)31(21)24(33)34-22)16-3-5-23(29-8-16)25(12-26)18-10-30(13-27)11-19(18)25/h2-6,8,18-19,21-22H,7,9-11H2,1H3,(H,28,32)/t18-,19+,21-,22-,25?/m0/s1. The van der Waals surface area contributed by atoms with Gasteiger partial charge >= 0.3 is 6.09 Å². The number of anilines is 1. The zero-order valence-corrected chi connectivity index (χ0v) is 18.6. The van der Waals surface area contributed by atoms with E-state index in [4.69, 9.17) is 10.00 Å². The highest BCUT2D eigenvalue weighted by Gasteiger charge is 2.71. The Morgan fingerprint density at radius 3 is 2.65 bits per heavy atom. The van der Waals surface area contributed by atoms with E-state index < -0.39 is 5.41 Å². The van der Waals surface area contributed by atoms with Crippen molar-refractivity contribution in [3.8, 4) is 23.4 Å². The highest BCUT2D eigenvalue weighted by Crippen LogP contribution is 2.62. The van der Waals surface area contributed by atoms with Crippen molar-refractivity contribution < 1.29 is 14.3 Å². The molecule has 170 valence electrons. The number of nitriles is 2. The number of benzene rings is 1. The second-order valence-electron chi connectivity index (χ2n) is 9.48. The van der Waals surface area contributed by atoms with Gasteiger partial charge < -0.3 is 15.0 Å². The van der Waals surface area contributed by atoms with Crippen LogP contribution < -0.4 is 10.2 Å². The van der Waals surface area contributed by atoms with E-state index in [0.717, 1.165) is 28.1 Å². The Morgan fingerprint density at radius 1 is 1.24 bits per heavy atom. The normalized spacial score (nSPS) is 30.0. The lowest BCUT2D eigenvalue weighted by Gasteiger charge is -2.17. The number of ether oxygens (including phenoxy) is 1. The maximum Gasteiger partial charge on any atom is 0.415 e. The van der Waals surface area contributed by atoms with Crippen LogP contribution >= 0.6 is 0 Å². The summed E-state index contributed by atoms with van der Waals surface area (Å²) >= 11 is 0. The Kier molecular flexibility index (Phi) is 4.34. The van der Waals surface area contributed by atoms with Gasteiger partial charge in [-0.3, -0.25) is 14.7 Å². The van der Waals surface area contributed by atoms with Crippen molar-refractivity contribution >= 4 is 17.7 Å². The van der Waals surface area contributed by atoms with E-state index in [9.17, 15) is 14.9 Å². The van der Waals surface area contributed by atoms with E-state index >= 15 is 0 Å². The van der Waals surface area contributed by atoms with Gasteiger partial charge in [-0.05, 0) is 35.7 Å². The van der Waals surface area contributed by atoms with Gasteiger partial charge in [0.15, 0.2) is 6.19 Å². The van der Waals surface area contributed by atoms with Crippen LogP contribution in [0.4, 0.5) is 10.5 Å². The van der Waals surface area contributed by atoms with E-state index in [2.05, 4.69) is 28.6 Å². The second kappa shape index (κ2) is 7.19. The molecule has 1 aromatic heterocycles. The van der Waals surface area contributed by atoms with Gasteiger partial charge in [0.2, 0.25) is 5.91 Å². The number of amides is 2. The first-order valence-electron chi connectivity index (χ1n) is 11.4. The van der Waals surface area contributed by atoms with Crippen molar-refractivity contribution in [2.75, 3.05) is 24.5 Å². The third kappa shape index (κ3) is 2.80. The van der Waals surface area contributed by atoms with Crippen LogP contribution in [-0.2, 0) is 21.4 Å². The van der Waals surface area contributed by atoms with Crippen molar-refractivity contribution in [2.45, 2.75) is 30.9 Å². The van der Waals surface area contributed by atoms with Crippen molar-refractivity contribution in [3.63, 3.8) is 0 Å². The van der Waals surface area contributed by atoms with E-state index in [1.165, 1.54) is 6.92 Å². The molecule has 4 heterocycles. The number of likely N-dealkylation sites (tertiary alicyclic amines) is 1. The minimum atomic E-state index is -0.585. The van der Waals surface area contributed by atoms with Crippen molar-refractivity contribution in [3.05, 3.63) is 47.8 Å². The van der Waals surface area contributed by atoms with Gasteiger partial charge in [0, 0.05) is 43.6 Å². The average Bonchev–Trinajstić information content (AvgIpc) is 3.20. The molecule has 0 bridgehead atoms. The first kappa shape index (κ1) is 20.5. The molecule has 4 aliphatic rings. The molecule has 0 spiro atoms. The maximum atomic E-state index is 12.5. The van der Waals surface area contributed by atoms with Gasteiger partial charge in [0.05, 0.1) is 30.0 Å². The van der Waals surface area contributed by atoms with Gasteiger partial charge in [-0.1, -0.05) is 12.1 Å². The SMILES string of the molecule is CC(=O)NC[C@@H]1OC(=O)N2c3ccc(-c4ccc(C5(C#N)[C@@H]6CN(C#N)C[C@@H]65)nc4)cc3C[C@@H]12. The molecule has 5 atom stereocenters. The van der Waals surface area contributed by atoms with Gasteiger partial charge in [0.1, 0.15) is 11.5 Å². The molecule has 1 unspecified atom stereocenters. The van der Waals surface area contributed by atoms with Gasteiger partial charge in [-0.15, -0.1) is 0 Å². The molecule has 3 fully saturated rings. The lowest BCUT2D eigenvalue weighted by atomic mass is 9.95. The first-order chi connectivity index (χ1) is 16.5. The maximum absolute atomic E-state index is 12.5. The molecule has 1 aliphatic carbocycles. The van der Waals surface area contributed by atoms with Crippen LogP contribution in [0.2, 0.25) is 0 Å². The molecule has 9 heteroatoms. The highest BCUT2D eigenvalue weighted by molar-refractivity contribution is 5.94. The Balaban J connectivity index is 1.22. The van der Waals surface area contributed by atoms with Crippen LogP contribution in [0.5, 0.6) is 0 Å². The zero-order chi connectivity index (χ0) is 23.6. The van der Waals surface area contributed by atoms with Gasteiger partial charge in [-0.2, -0.15) is 10.5 Å². The highest BCUT2D eigenvalue weighted by atomic mass is 16.6. The number of fused-ring (bicyclic) bond motifs is 4. The van der Waals surface area contributed by atoms with E-state index in [1.54, 1.807) is 16.0 Å². The van der Waals surface area contributed by atoms with Crippen molar-refractivity contribution in [2.24, 2.45) is 11.8 Å². The summed E-state index contributed by atoms with van der Waals surface area (Å²) in [6.07, 6.45) is 3.86. The molecule has 34 heavy (non-hydrogen) atoms. The summed E-state index contributed by atoms with van der Waals surface area (Å²) in [5.74, 6) is 0.168. The summed E-state index contributed by atoms with van der Waals surface area (Å²) in [6.45, 7) is 2.97. The van der Waals surface area contributed by atoms with Crippen LogP contribution in [0.15, 0.2) is 36.5 Å². The lowest BCUT2D eigenvalue weighted by molar-refractivity contribution is -0.119. The summed E-state index contributed by atoms with van der Waals surface area (Å²) in [5.41, 5.74) is 4.01. The number of rotatable bonds is 4. The molecular weight excluding hydrogens is 432 g/mol. The molecule has 2 amide bonds. The second-order valence-corrected chi connectivity index (χ2v) is 9.48. The number of hydrogen-bond donors (Lipinski definition) is 1.